The summed E-state index contributed by atoms with van der Waals surface area (Å²) in [6, 6.07) is 20.6. The summed E-state index contributed by atoms with van der Waals surface area (Å²) in [6.45, 7) is 9.71. The molecule has 1 unspecified atom stereocenters. The van der Waals surface area contributed by atoms with Gasteiger partial charge in [0.15, 0.2) is 0 Å². The first-order valence-electron chi connectivity index (χ1n) is 10.8. The van der Waals surface area contributed by atoms with Gasteiger partial charge in [0, 0.05) is 16.6 Å². The molecular formula is C25H32N4O. The zero-order chi connectivity index (χ0) is 21.2. The topological polar surface area (TPSA) is 43.2 Å². The summed E-state index contributed by atoms with van der Waals surface area (Å²) in [5.74, 6) is 0. The molecule has 0 amide bonds. The van der Waals surface area contributed by atoms with Crippen LogP contribution in [0.4, 0.5) is 0 Å². The molecule has 5 heteroatoms. The van der Waals surface area contributed by atoms with Crippen molar-refractivity contribution in [2.75, 3.05) is 0 Å². The van der Waals surface area contributed by atoms with Gasteiger partial charge in [-0.3, -0.25) is 4.84 Å². The van der Waals surface area contributed by atoms with Gasteiger partial charge in [-0.15, -0.1) is 5.10 Å². The maximum absolute atomic E-state index is 6.77. The largest absolute Gasteiger partial charge is 0.288 e. The van der Waals surface area contributed by atoms with Crippen molar-refractivity contribution in [3.05, 3.63) is 72.4 Å². The first kappa shape index (κ1) is 20.8. The summed E-state index contributed by atoms with van der Waals surface area (Å²) in [7, 11) is 0. The number of benzene rings is 2. The number of hydrogen-bond donors (Lipinski definition) is 0. The predicted octanol–water partition coefficient (Wildman–Crippen LogP) is 5.66. The molecule has 5 nitrogen and oxygen atoms in total. The monoisotopic (exact) mass is 404 g/mol. The fourth-order valence-electron chi connectivity index (χ4n) is 4.55. The number of piperidine rings is 1. The van der Waals surface area contributed by atoms with Crippen molar-refractivity contribution >= 4 is 0 Å². The summed E-state index contributed by atoms with van der Waals surface area (Å²) < 4.78 is 1.89. The van der Waals surface area contributed by atoms with Crippen LogP contribution in [0.1, 0.15) is 58.6 Å². The van der Waals surface area contributed by atoms with E-state index in [1.165, 1.54) is 6.42 Å². The third kappa shape index (κ3) is 4.47. The Balaban J connectivity index is 1.61. The minimum Gasteiger partial charge on any atom is -0.288 e. The molecule has 2 aromatic carbocycles. The summed E-state index contributed by atoms with van der Waals surface area (Å²) >= 11 is 0. The molecule has 0 saturated carbocycles. The van der Waals surface area contributed by atoms with Crippen LogP contribution < -0.4 is 0 Å². The van der Waals surface area contributed by atoms with Crippen LogP contribution in [-0.2, 0) is 11.4 Å². The van der Waals surface area contributed by atoms with E-state index in [4.69, 9.17) is 4.84 Å². The molecule has 2 heterocycles. The van der Waals surface area contributed by atoms with Crippen LogP contribution in [0.25, 0.3) is 11.3 Å². The molecule has 0 bridgehead atoms. The van der Waals surface area contributed by atoms with Crippen LogP contribution >= 0.6 is 0 Å². The maximum atomic E-state index is 6.77. The van der Waals surface area contributed by atoms with Crippen molar-refractivity contribution in [2.24, 2.45) is 0 Å². The minimum atomic E-state index is -0.145. The van der Waals surface area contributed by atoms with Crippen molar-refractivity contribution in [1.29, 1.82) is 0 Å². The molecule has 1 saturated heterocycles. The van der Waals surface area contributed by atoms with E-state index in [0.717, 1.165) is 29.7 Å². The van der Waals surface area contributed by atoms with Crippen LogP contribution in [-0.4, -0.2) is 31.1 Å². The van der Waals surface area contributed by atoms with Crippen molar-refractivity contribution in [1.82, 2.24) is 20.1 Å². The average Bonchev–Trinajstić information content (AvgIpc) is 3.19. The predicted molar refractivity (Wildman–Crippen MR) is 120 cm³/mol. The van der Waals surface area contributed by atoms with Crippen LogP contribution in [0.3, 0.4) is 0 Å². The molecule has 30 heavy (non-hydrogen) atoms. The molecule has 3 aromatic rings. The van der Waals surface area contributed by atoms with E-state index in [1.54, 1.807) is 0 Å². The molecule has 1 aliphatic rings. The highest BCUT2D eigenvalue weighted by Crippen LogP contribution is 2.40. The second kappa shape index (κ2) is 8.32. The lowest BCUT2D eigenvalue weighted by Crippen LogP contribution is -2.58. The Kier molecular flexibility index (Phi) is 5.76. The fourth-order valence-corrected chi connectivity index (χ4v) is 4.55. The van der Waals surface area contributed by atoms with Gasteiger partial charge in [-0.2, -0.15) is 5.06 Å². The van der Waals surface area contributed by atoms with E-state index in [9.17, 15) is 0 Å². The molecule has 0 N–H and O–H groups in total. The van der Waals surface area contributed by atoms with Crippen molar-refractivity contribution in [3.63, 3.8) is 0 Å². The van der Waals surface area contributed by atoms with E-state index < -0.39 is 0 Å². The lowest BCUT2D eigenvalue weighted by Gasteiger charge is -2.52. The van der Waals surface area contributed by atoms with Gasteiger partial charge in [-0.25, -0.2) is 4.68 Å². The zero-order valence-electron chi connectivity index (χ0n) is 18.5. The summed E-state index contributed by atoms with van der Waals surface area (Å²) in [5.41, 5.74) is 3.05. The minimum absolute atomic E-state index is 0.0215. The van der Waals surface area contributed by atoms with Gasteiger partial charge in [0.1, 0.15) is 11.8 Å². The number of hydroxylamine groups is 2. The van der Waals surface area contributed by atoms with Gasteiger partial charge < -0.3 is 0 Å². The lowest BCUT2D eigenvalue weighted by atomic mass is 9.82. The van der Waals surface area contributed by atoms with Crippen molar-refractivity contribution in [3.8, 4) is 11.3 Å². The average molecular weight is 405 g/mol. The summed E-state index contributed by atoms with van der Waals surface area (Å²) in [6.07, 6.45) is 5.33. The second-order valence-corrected chi connectivity index (χ2v) is 9.47. The summed E-state index contributed by atoms with van der Waals surface area (Å²) in [4.78, 5) is 6.77. The third-order valence-electron chi connectivity index (χ3n) is 6.04. The zero-order valence-corrected chi connectivity index (χ0v) is 18.5. The Morgan fingerprint density at radius 1 is 0.900 bits per heavy atom. The molecule has 1 fully saturated rings. The van der Waals surface area contributed by atoms with Gasteiger partial charge in [-0.05, 0) is 52.5 Å². The van der Waals surface area contributed by atoms with E-state index in [1.807, 2.05) is 35.1 Å². The standard InChI is InChI=1S/C25H32N4O/c1-24(2)16-11-17-25(3,4)29(24)30-23(21-14-9-6-10-15-21)19-28-18-22(26-27-28)20-12-7-5-8-13-20/h5-10,12-15,18,23H,11,16-17,19H2,1-4H3. The van der Waals surface area contributed by atoms with Crippen LogP contribution in [0.2, 0.25) is 0 Å². The smallest absolute Gasteiger partial charge is 0.124 e. The molecule has 4 rings (SSSR count). The Morgan fingerprint density at radius 2 is 1.50 bits per heavy atom. The van der Waals surface area contributed by atoms with Crippen molar-refractivity contribution < 1.29 is 4.84 Å². The number of rotatable bonds is 6. The Labute approximate surface area is 179 Å². The van der Waals surface area contributed by atoms with Crippen molar-refractivity contribution in [2.45, 2.75) is 70.7 Å². The first-order chi connectivity index (χ1) is 14.4. The molecule has 1 aliphatic heterocycles. The Bertz CT molecular complexity index is 934. The lowest BCUT2D eigenvalue weighted by molar-refractivity contribution is -0.309. The second-order valence-electron chi connectivity index (χ2n) is 9.47. The highest BCUT2D eigenvalue weighted by Gasteiger charge is 2.43. The molecular weight excluding hydrogens is 372 g/mol. The van der Waals surface area contributed by atoms with E-state index in [2.05, 4.69) is 79.5 Å². The summed E-state index contributed by atoms with van der Waals surface area (Å²) in [5, 5.41) is 11.0. The number of nitrogens with zero attached hydrogens (tertiary/aromatic N) is 4. The SMILES string of the molecule is CC1(C)CCCC(C)(C)N1OC(Cn1cc(-c2ccccc2)nn1)c1ccccc1. The van der Waals surface area contributed by atoms with Gasteiger partial charge in [0.25, 0.3) is 0 Å². The Morgan fingerprint density at radius 3 is 2.13 bits per heavy atom. The first-order valence-corrected chi connectivity index (χ1v) is 10.8. The fraction of sp³-hybridized carbons (Fsp3) is 0.440. The molecule has 0 aliphatic carbocycles. The van der Waals surface area contributed by atoms with Gasteiger partial charge in [0.05, 0.1) is 12.7 Å². The van der Waals surface area contributed by atoms with Crippen LogP contribution in [0.15, 0.2) is 66.9 Å². The van der Waals surface area contributed by atoms with E-state index >= 15 is 0 Å². The van der Waals surface area contributed by atoms with Gasteiger partial charge >= 0.3 is 0 Å². The third-order valence-corrected chi connectivity index (χ3v) is 6.04. The highest BCUT2D eigenvalue weighted by molar-refractivity contribution is 5.57. The molecule has 1 atom stereocenters. The van der Waals surface area contributed by atoms with Crippen LogP contribution in [0, 0.1) is 0 Å². The van der Waals surface area contributed by atoms with Crippen LogP contribution in [0.5, 0.6) is 0 Å². The Hall–Kier alpha value is -2.50. The number of hydrogen-bond acceptors (Lipinski definition) is 4. The quantitative estimate of drug-likeness (QED) is 0.532. The van der Waals surface area contributed by atoms with Gasteiger partial charge in [0.2, 0.25) is 0 Å². The molecule has 0 spiro atoms. The normalized spacial score (nSPS) is 19.5. The number of aromatic nitrogens is 3. The van der Waals surface area contributed by atoms with Gasteiger partial charge in [-0.1, -0.05) is 65.9 Å². The molecule has 158 valence electrons. The highest BCUT2D eigenvalue weighted by atomic mass is 16.7. The maximum Gasteiger partial charge on any atom is 0.124 e. The molecule has 1 aromatic heterocycles. The molecule has 0 radical (unpaired) electrons. The van der Waals surface area contributed by atoms with E-state index in [0.29, 0.717) is 6.54 Å². The van der Waals surface area contributed by atoms with E-state index in [-0.39, 0.29) is 17.2 Å².